The molecule has 0 radical (unpaired) electrons. The maximum absolute atomic E-state index is 11.3. The van der Waals surface area contributed by atoms with Crippen molar-refractivity contribution in [3.8, 4) is 0 Å². The van der Waals surface area contributed by atoms with Crippen LogP contribution >= 0.6 is 0 Å². The average Bonchev–Trinajstić information content (AvgIpc) is 2.64. The summed E-state index contributed by atoms with van der Waals surface area (Å²) in [5.74, 6) is -0.907. The van der Waals surface area contributed by atoms with Crippen molar-refractivity contribution in [2.24, 2.45) is 0 Å². The van der Waals surface area contributed by atoms with E-state index in [2.05, 4.69) is 6.92 Å². The van der Waals surface area contributed by atoms with E-state index < -0.39 is 5.97 Å². The molecule has 0 unspecified atom stereocenters. The van der Waals surface area contributed by atoms with Gasteiger partial charge >= 0.3 is 5.97 Å². The number of aromatic carboxylic acids is 1. The van der Waals surface area contributed by atoms with E-state index in [9.17, 15) is 15.0 Å². The zero-order valence-electron chi connectivity index (χ0n) is 12.2. The predicted molar refractivity (Wildman–Crippen MR) is 79.5 cm³/mol. The first-order valence-electron chi connectivity index (χ1n) is 6.97. The largest absolute Gasteiger partial charge is 0.478 e. The molecule has 0 saturated carbocycles. The minimum Gasteiger partial charge on any atom is -0.478 e. The van der Waals surface area contributed by atoms with Crippen LogP contribution in [0.2, 0.25) is 0 Å². The van der Waals surface area contributed by atoms with Crippen LogP contribution in [-0.2, 0) is 13.0 Å². The van der Waals surface area contributed by atoms with Crippen LogP contribution in [0.15, 0.2) is 12.1 Å². The third-order valence-corrected chi connectivity index (χ3v) is 3.85. The van der Waals surface area contributed by atoms with Gasteiger partial charge in [0, 0.05) is 23.1 Å². The second-order valence-corrected chi connectivity index (χ2v) is 5.18. The van der Waals surface area contributed by atoms with Gasteiger partial charge in [-0.25, -0.2) is 4.79 Å². The Kier molecular flexibility index (Phi) is 4.14. The van der Waals surface area contributed by atoms with E-state index >= 15 is 0 Å². The SMILES string of the molecule is CCCc1c(C)n(CCO)c2cc(C(=O)O)c(C)cc12. The maximum atomic E-state index is 11.3. The Morgan fingerprint density at radius 3 is 2.55 bits per heavy atom. The lowest BCUT2D eigenvalue weighted by molar-refractivity contribution is 0.0696. The molecule has 4 nitrogen and oxygen atoms in total. The van der Waals surface area contributed by atoms with Gasteiger partial charge in [-0.1, -0.05) is 13.3 Å². The third kappa shape index (κ3) is 2.31. The molecule has 0 aliphatic carbocycles. The van der Waals surface area contributed by atoms with E-state index in [1.54, 1.807) is 6.07 Å². The zero-order chi connectivity index (χ0) is 14.9. The van der Waals surface area contributed by atoms with E-state index in [1.807, 2.05) is 24.5 Å². The number of nitrogens with zero attached hydrogens (tertiary/aromatic N) is 1. The molecule has 0 saturated heterocycles. The molecule has 1 heterocycles. The van der Waals surface area contributed by atoms with Crippen LogP contribution in [0.25, 0.3) is 10.9 Å². The van der Waals surface area contributed by atoms with Crippen LogP contribution in [0.3, 0.4) is 0 Å². The molecule has 0 bridgehead atoms. The average molecular weight is 275 g/mol. The summed E-state index contributed by atoms with van der Waals surface area (Å²) in [4.78, 5) is 11.3. The van der Waals surface area contributed by atoms with Crippen LogP contribution in [0.1, 0.15) is 40.5 Å². The van der Waals surface area contributed by atoms with Gasteiger partial charge in [-0.15, -0.1) is 0 Å². The molecule has 2 aromatic rings. The van der Waals surface area contributed by atoms with Gasteiger partial charge in [0.05, 0.1) is 12.2 Å². The number of aliphatic hydroxyl groups is 1. The second kappa shape index (κ2) is 5.67. The number of aromatic nitrogens is 1. The Morgan fingerprint density at radius 1 is 1.30 bits per heavy atom. The molecule has 2 N–H and O–H groups in total. The molecule has 0 amide bonds. The lowest BCUT2D eigenvalue weighted by atomic mass is 10.0. The first-order valence-corrected chi connectivity index (χ1v) is 6.97. The molecule has 108 valence electrons. The number of rotatable bonds is 5. The highest BCUT2D eigenvalue weighted by molar-refractivity contribution is 5.96. The van der Waals surface area contributed by atoms with Crippen LogP contribution in [0.5, 0.6) is 0 Å². The number of hydrogen-bond acceptors (Lipinski definition) is 2. The smallest absolute Gasteiger partial charge is 0.336 e. The van der Waals surface area contributed by atoms with Crippen LogP contribution in [0.4, 0.5) is 0 Å². The Labute approximate surface area is 118 Å². The number of carbonyl (C=O) groups is 1. The van der Waals surface area contributed by atoms with Crippen molar-refractivity contribution < 1.29 is 15.0 Å². The first kappa shape index (κ1) is 14.6. The fraction of sp³-hybridized carbons (Fsp3) is 0.438. The lowest BCUT2D eigenvalue weighted by Crippen LogP contribution is -2.05. The summed E-state index contributed by atoms with van der Waals surface area (Å²) in [5, 5.41) is 19.6. The Bertz CT molecular complexity index is 656. The van der Waals surface area contributed by atoms with E-state index in [-0.39, 0.29) is 6.61 Å². The normalized spacial score (nSPS) is 11.2. The minimum absolute atomic E-state index is 0.0481. The number of hydrogen-bond donors (Lipinski definition) is 2. The predicted octanol–water partition coefficient (Wildman–Crippen LogP) is 2.90. The van der Waals surface area contributed by atoms with E-state index in [4.69, 9.17) is 0 Å². The lowest BCUT2D eigenvalue weighted by Gasteiger charge is -2.07. The standard InChI is InChI=1S/C16H21NO3/c1-4-5-12-11(3)17(6-7-18)15-9-13(16(19)20)10(2)8-14(12)15/h8-9,18H,4-7H2,1-3H3,(H,19,20). The number of benzene rings is 1. The fourth-order valence-electron chi connectivity index (χ4n) is 2.88. The fourth-order valence-corrected chi connectivity index (χ4v) is 2.88. The van der Waals surface area contributed by atoms with Gasteiger partial charge in [0.1, 0.15) is 0 Å². The zero-order valence-corrected chi connectivity index (χ0v) is 12.2. The van der Waals surface area contributed by atoms with Gasteiger partial charge < -0.3 is 14.8 Å². The Morgan fingerprint density at radius 2 is 2.00 bits per heavy atom. The third-order valence-electron chi connectivity index (χ3n) is 3.85. The highest BCUT2D eigenvalue weighted by atomic mass is 16.4. The summed E-state index contributed by atoms with van der Waals surface area (Å²) < 4.78 is 2.02. The molecule has 0 fully saturated rings. The van der Waals surface area contributed by atoms with Crippen LogP contribution in [0, 0.1) is 13.8 Å². The van der Waals surface area contributed by atoms with Crippen molar-refractivity contribution in [1.82, 2.24) is 4.57 Å². The molecular weight excluding hydrogens is 254 g/mol. The molecule has 20 heavy (non-hydrogen) atoms. The Hall–Kier alpha value is -1.81. The summed E-state index contributed by atoms with van der Waals surface area (Å²) >= 11 is 0. The minimum atomic E-state index is -0.907. The molecule has 0 aliphatic rings. The molecular formula is C16H21NO3. The number of carboxylic acid groups (broad SMARTS) is 1. The van der Waals surface area contributed by atoms with Crippen LogP contribution < -0.4 is 0 Å². The van der Waals surface area contributed by atoms with Gasteiger partial charge in [-0.3, -0.25) is 0 Å². The summed E-state index contributed by atoms with van der Waals surface area (Å²) in [6.45, 7) is 6.54. The second-order valence-electron chi connectivity index (χ2n) is 5.18. The molecule has 0 spiro atoms. The number of fused-ring (bicyclic) bond motifs is 1. The van der Waals surface area contributed by atoms with Crippen molar-refractivity contribution in [2.75, 3.05) is 6.61 Å². The number of carboxylic acids is 1. The van der Waals surface area contributed by atoms with Gasteiger partial charge in [0.15, 0.2) is 0 Å². The molecule has 2 rings (SSSR count). The Balaban J connectivity index is 2.78. The van der Waals surface area contributed by atoms with Crippen molar-refractivity contribution >= 4 is 16.9 Å². The van der Waals surface area contributed by atoms with E-state index in [1.165, 1.54) is 5.56 Å². The topological polar surface area (TPSA) is 62.5 Å². The summed E-state index contributed by atoms with van der Waals surface area (Å²) in [7, 11) is 0. The monoisotopic (exact) mass is 275 g/mol. The number of aryl methyl sites for hydroxylation is 2. The molecule has 4 heteroatoms. The summed E-state index contributed by atoms with van der Waals surface area (Å²) in [5.41, 5.74) is 4.40. The molecule has 0 aliphatic heterocycles. The molecule has 1 aromatic carbocycles. The quantitative estimate of drug-likeness (QED) is 0.882. The number of aliphatic hydroxyl groups excluding tert-OH is 1. The van der Waals surface area contributed by atoms with Gasteiger partial charge in [-0.05, 0) is 43.5 Å². The summed E-state index contributed by atoms with van der Waals surface area (Å²) in [6.07, 6.45) is 2.01. The van der Waals surface area contributed by atoms with Gasteiger partial charge in [0.2, 0.25) is 0 Å². The summed E-state index contributed by atoms with van der Waals surface area (Å²) in [6, 6.07) is 3.69. The first-order chi connectivity index (χ1) is 9.51. The van der Waals surface area contributed by atoms with Crippen molar-refractivity contribution in [3.63, 3.8) is 0 Å². The van der Waals surface area contributed by atoms with Crippen molar-refractivity contribution in [1.29, 1.82) is 0 Å². The van der Waals surface area contributed by atoms with Gasteiger partial charge in [-0.2, -0.15) is 0 Å². The molecule has 0 atom stereocenters. The molecule has 1 aromatic heterocycles. The van der Waals surface area contributed by atoms with E-state index in [0.29, 0.717) is 12.1 Å². The maximum Gasteiger partial charge on any atom is 0.336 e. The van der Waals surface area contributed by atoms with E-state index in [0.717, 1.165) is 35.0 Å². The van der Waals surface area contributed by atoms with Crippen LogP contribution in [-0.4, -0.2) is 27.4 Å². The van der Waals surface area contributed by atoms with Gasteiger partial charge in [0.25, 0.3) is 0 Å². The highest BCUT2D eigenvalue weighted by Gasteiger charge is 2.17. The van der Waals surface area contributed by atoms with Crippen molar-refractivity contribution in [2.45, 2.75) is 40.2 Å². The van der Waals surface area contributed by atoms with Crippen molar-refractivity contribution in [3.05, 3.63) is 34.5 Å². The highest BCUT2D eigenvalue weighted by Crippen LogP contribution is 2.29.